The second-order valence-corrected chi connectivity index (χ2v) is 8.83. The summed E-state index contributed by atoms with van der Waals surface area (Å²) in [4.78, 5) is 0. The molecular weight excluding hydrogens is 362 g/mol. The van der Waals surface area contributed by atoms with Crippen molar-refractivity contribution in [3.05, 3.63) is 15.9 Å². The first-order chi connectivity index (χ1) is 8.47. The number of thiophene rings is 1. The normalized spacial score (nSPS) is 19.9. The molecule has 8 heteroatoms. The molecule has 1 aliphatic rings. The summed E-state index contributed by atoms with van der Waals surface area (Å²) in [6, 6.07) is 3.30. The van der Waals surface area contributed by atoms with Gasteiger partial charge in [0.2, 0.25) is 0 Å². The lowest BCUT2D eigenvalue weighted by atomic mass is 9.94. The summed E-state index contributed by atoms with van der Waals surface area (Å²) < 4.78 is 33.6. The summed E-state index contributed by atoms with van der Waals surface area (Å²) in [6.07, 6.45) is 1.20. The molecule has 0 aliphatic carbocycles. The summed E-state index contributed by atoms with van der Waals surface area (Å²) >= 11 is 10.4. The van der Waals surface area contributed by atoms with E-state index in [4.69, 9.17) is 16.3 Å². The van der Waals surface area contributed by atoms with Crippen molar-refractivity contribution >= 4 is 48.9 Å². The average molecular weight is 375 g/mol. The van der Waals surface area contributed by atoms with Gasteiger partial charge in [-0.2, -0.15) is 0 Å². The average Bonchev–Trinajstić information content (AvgIpc) is 2.77. The molecule has 0 bridgehead atoms. The van der Waals surface area contributed by atoms with Crippen LogP contribution >= 0.6 is 38.9 Å². The van der Waals surface area contributed by atoms with E-state index in [2.05, 4.69) is 20.7 Å². The van der Waals surface area contributed by atoms with E-state index >= 15 is 0 Å². The van der Waals surface area contributed by atoms with Crippen LogP contribution in [0.3, 0.4) is 0 Å². The number of hydrogen-bond donors (Lipinski definition) is 1. The van der Waals surface area contributed by atoms with E-state index < -0.39 is 15.6 Å². The minimum atomic E-state index is -3.51. The molecule has 1 saturated heterocycles. The highest BCUT2D eigenvalue weighted by Crippen LogP contribution is 2.29. The molecule has 0 spiro atoms. The van der Waals surface area contributed by atoms with Crippen molar-refractivity contribution in [1.29, 1.82) is 0 Å². The number of rotatable bonds is 4. The topological polar surface area (TPSA) is 55.4 Å². The molecule has 0 saturated carbocycles. The van der Waals surface area contributed by atoms with Crippen molar-refractivity contribution in [2.24, 2.45) is 0 Å². The van der Waals surface area contributed by atoms with E-state index in [0.29, 0.717) is 30.3 Å². The summed E-state index contributed by atoms with van der Waals surface area (Å²) in [5, 5.41) is 0. The second-order valence-electron chi connectivity index (χ2n) is 4.19. The fraction of sp³-hybridized carbons (Fsp3) is 0.600. The van der Waals surface area contributed by atoms with Gasteiger partial charge >= 0.3 is 0 Å². The third kappa shape index (κ3) is 3.26. The monoisotopic (exact) mass is 373 g/mol. The molecule has 0 atom stereocenters. The van der Waals surface area contributed by atoms with Crippen molar-refractivity contribution in [3.8, 4) is 0 Å². The largest absolute Gasteiger partial charge is 0.381 e. The van der Waals surface area contributed by atoms with Crippen molar-refractivity contribution in [2.45, 2.75) is 22.6 Å². The fourth-order valence-corrected chi connectivity index (χ4v) is 5.68. The second kappa shape index (κ2) is 5.76. The van der Waals surface area contributed by atoms with Crippen LogP contribution in [-0.4, -0.2) is 33.1 Å². The van der Waals surface area contributed by atoms with Gasteiger partial charge in [0.05, 0.1) is 9.33 Å². The van der Waals surface area contributed by atoms with Crippen LogP contribution in [0.15, 0.2) is 20.1 Å². The molecule has 0 radical (unpaired) electrons. The molecule has 18 heavy (non-hydrogen) atoms. The van der Waals surface area contributed by atoms with Gasteiger partial charge < -0.3 is 4.74 Å². The molecule has 1 aromatic rings. The molecule has 2 rings (SSSR count). The minimum absolute atomic E-state index is 0.252. The molecule has 0 aromatic carbocycles. The van der Waals surface area contributed by atoms with Gasteiger partial charge in [-0.15, -0.1) is 22.9 Å². The number of ether oxygens (including phenoxy) is 1. The summed E-state index contributed by atoms with van der Waals surface area (Å²) in [5.74, 6) is 0.252. The van der Waals surface area contributed by atoms with Crippen LogP contribution in [0.4, 0.5) is 0 Å². The SMILES string of the molecule is O=S(=O)(NC1(CCl)CCOCC1)c1ccc(Br)s1. The molecule has 0 unspecified atom stereocenters. The van der Waals surface area contributed by atoms with Gasteiger partial charge in [-0.3, -0.25) is 0 Å². The highest BCUT2D eigenvalue weighted by molar-refractivity contribution is 9.11. The summed E-state index contributed by atoms with van der Waals surface area (Å²) in [5.41, 5.74) is -0.588. The maximum absolute atomic E-state index is 12.3. The lowest BCUT2D eigenvalue weighted by molar-refractivity contribution is 0.0549. The Labute approximate surface area is 124 Å². The molecule has 2 heterocycles. The van der Waals surface area contributed by atoms with Crippen molar-refractivity contribution < 1.29 is 13.2 Å². The first-order valence-electron chi connectivity index (χ1n) is 5.40. The Bertz CT molecular complexity index is 511. The van der Waals surface area contributed by atoms with Crippen molar-refractivity contribution in [1.82, 2.24) is 4.72 Å². The summed E-state index contributed by atoms with van der Waals surface area (Å²) in [7, 11) is -3.51. The molecule has 102 valence electrons. The molecule has 1 fully saturated rings. The van der Waals surface area contributed by atoms with Crippen LogP contribution in [0, 0.1) is 0 Å². The van der Waals surface area contributed by atoms with E-state index in [0.717, 1.165) is 3.79 Å². The Morgan fingerprint density at radius 1 is 1.44 bits per heavy atom. The van der Waals surface area contributed by atoms with Crippen molar-refractivity contribution in [3.63, 3.8) is 0 Å². The van der Waals surface area contributed by atoms with Gasteiger partial charge in [0.15, 0.2) is 0 Å². The van der Waals surface area contributed by atoms with E-state index in [1.54, 1.807) is 12.1 Å². The van der Waals surface area contributed by atoms with Gasteiger partial charge in [0.1, 0.15) is 4.21 Å². The molecule has 1 aromatic heterocycles. The number of hydrogen-bond acceptors (Lipinski definition) is 4. The third-order valence-electron chi connectivity index (χ3n) is 2.87. The summed E-state index contributed by atoms with van der Waals surface area (Å²) in [6.45, 7) is 1.06. The van der Waals surface area contributed by atoms with Gasteiger partial charge in [-0.05, 0) is 40.9 Å². The molecular formula is C10H13BrClNO3S2. The highest BCUT2D eigenvalue weighted by atomic mass is 79.9. The zero-order valence-electron chi connectivity index (χ0n) is 9.49. The lowest BCUT2D eigenvalue weighted by Crippen LogP contribution is -2.53. The van der Waals surface area contributed by atoms with Crippen LogP contribution in [0.2, 0.25) is 0 Å². The van der Waals surface area contributed by atoms with E-state index in [1.807, 2.05) is 0 Å². The Morgan fingerprint density at radius 2 is 2.11 bits per heavy atom. The van der Waals surface area contributed by atoms with E-state index in [-0.39, 0.29) is 5.88 Å². The number of nitrogens with one attached hydrogen (secondary N) is 1. The Morgan fingerprint density at radius 3 is 2.61 bits per heavy atom. The van der Waals surface area contributed by atoms with Gasteiger partial charge in [-0.1, -0.05) is 0 Å². The Kier molecular flexibility index (Phi) is 4.72. The van der Waals surface area contributed by atoms with Crippen LogP contribution in [-0.2, 0) is 14.8 Å². The fourth-order valence-electron chi connectivity index (χ4n) is 1.80. The first-order valence-corrected chi connectivity index (χ1v) is 9.03. The van der Waals surface area contributed by atoms with E-state index in [9.17, 15) is 8.42 Å². The number of sulfonamides is 1. The predicted molar refractivity (Wildman–Crippen MR) is 75.8 cm³/mol. The minimum Gasteiger partial charge on any atom is -0.381 e. The van der Waals surface area contributed by atoms with Crippen LogP contribution in [0.25, 0.3) is 0 Å². The number of alkyl halides is 1. The van der Waals surface area contributed by atoms with Gasteiger partial charge in [0.25, 0.3) is 10.0 Å². The van der Waals surface area contributed by atoms with Crippen LogP contribution < -0.4 is 4.72 Å². The standard InChI is InChI=1S/C10H13BrClNO3S2/c11-8-1-2-9(17-8)18(14,15)13-10(7-12)3-5-16-6-4-10/h1-2,13H,3-7H2. The molecule has 1 N–H and O–H groups in total. The first kappa shape index (κ1) is 14.7. The Balaban J connectivity index is 2.21. The number of halogens is 2. The zero-order chi connectivity index (χ0) is 13.2. The third-order valence-corrected chi connectivity index (χ3v) is 7.08. The van der Waals surface area contributed by atoms with E-state index in [1.165, 1.54) is 11.3 Å². The van der Waals surface area contributed by atoms with Gasteiger partial charge in [0, 0.05) is 19.1 Å². The maximum Gasteiger partial charge on any atom is 0.250 e. The van der Waals surface area contributed by atoms with Crippen LogP contribution in [0.5, 0.6) is 0 Å². The molecule has 4 nitrogen and oxygen atoms in total. The highest BCUT2D eigenvalue weighted by Gasteiger charge is 2.36. The Hall–Kier alpha value is 0.340. The molecule has 1 aliphatic heterocycles. The van der Waals surface area contributed by atoms with Crippen LogP contribution in [0.1, 0.15) is 12.8 Å². The quantitative estimate of drug-likeness (QED) is 0.824. The lowest BCUT2D eigenvalue weighted by Gasteiger charge is -2.35. The van der Waals surface area contributed by atoms with Gasteiger partial charge in [-0.25, -0.2) is 13.1 Å². The smallest absolute Gasteiger partial charge is 0.250 e. The van der Waals surface area contributed by atoms with Crippen molar-refractivity contribution in [2.75, 3.05) is 19.1 Å². The zero-order valence-corrected chi connectivity index (χ0v) is 13.5. The molecule has 0 amide bonds. The maximum atomic E-state index is 12.3. The predicted octanol–water partition coefficient (Wildman–Crippen LogP) is 2.58.